The Bertz CT molecular complexity index is 306. The van der Waals surface area contributed by atoms with Gasteiger partial charge in [0.25, 0.3) is 0 Å². The molecule has 0 aromatic carbocycles. The molecule has 5 nitrogen and oxygen atoms in total. The summed E-state index contributed by atoms with van der Waals surface area (Å²) in [7, 11) is 0. The maximum atomic E-state index is 10.7. The van der Waals surface area contributed by atoms with E-state index < -0.39 is 5.97 Å². The summed E-state index contributed by atoms with van der Waals surface area (Å²) >= 11 is 1.36. The van der Waals surface area contributed by atoms with Crippen LogP contribution >= 0.6 is 11.5 Å². The molecule has 1 aliphatic heterocycles. The molecule has 0 amide bonds. The molecule has 2 rings (SSSR count). The van der Waals surface area contributed by atoms with Crippen molar-refractivity contribution >= 4 is 22.6 Å². The van der Waals surface area contributed by atoms with Gasteiger partial charge in [-0.2, -0.15) is 4.37 Å². The molecule has 0 unspecified atom stereocenters. The summed E-state index contributed by atoms with van der Waals surface area (Å²) in [6, 6.07) is 0. The minimum absolute atomic E-state index is 0.181. The van der Waals surface area contributed by atoms with E-state index in [1.807, 2.05) is 0 Å². The summed E-state index contributed by atoms with van der Waals surface area (Å²) in [6.45, 7) is 1.54. The summed E-state index contributed by atoms with van der Waals surface area (Å²) in [5.74, 6) is -0.860. The van der Waals surface area contributed by atoms with Gasteiger partial charge in [0.1, 0.15) is 6.33 Å². The second-order valence-corrected chi connectivity index (χ2v) is 4.08. The van der Waals surface area contributed by atoms with Gasteiger partial charge in [0.2, 0.25) is 5.13 Å². The number of rotatable bonds is 2. The summed E-state index contributed by atoms with van der Waals surface area (Å²) in [6.07, 6.45) is 2.94. The van der Waals surface area contributed by atoms with E-state index in [1.54, 1.807) is 0 Å². The van der Waals surface area contributed by atoms with Gasteiger partial charge in [-0.25, -0.2) is 4.98 Å². The quantitative estimate of drug-likeness (QED) is 0.788. The third-order valence-electron chi connectivity index (χ3n) is 2.46. The average molecular weight is 213 g/mol. The van der Waals surface area contributed by atoms with Crippen LogP contribution in [0, 0.1) is 5.92 Å². The number of carbonyl (C=O) groups is 1. The zero-order valence-corrected chi connectivity index (χ0v) is 8.40. The minimum Gasteiger partial charge on any atom is -0.481 e. The Hall–Kier alpha value is -1.17. The Morgan fingerprint density at radius 3 is 2.79 bits per heavy atom. The fourth-order valence-electron chi connectivity index (χ4n) is 1.62. The van der Waals surface area contributed by atoms with Crippen LogP contribution in [0.1, 0.15) is 12.8 Å². The average Bonchev–Trinajstić information content (AvgIpc) is 2.71. The Labute approximate surface area is 85.6 Å². The SMILES string of the molecule is O=C(O)C1CCN(c2ncns2)CC1. The van der Waals surface area contributed by atoms with Gasteiger partial charge in [-0.1, -0.05) is 0 Å². The fourth-order valence-corrected chi connectivity index (χ4v) is 2.21. The van der Waals surface area contributed by atoms with Crippen LogP contribution < -0.4 is 4.90 Å². The summed E-state index contributed by atoms with van der Waals surface area (Å²) in [4.78, 5) is 16.9. The lowest BCUT2D eigenvalue weighted by molar-refractivity contribution is -0.142. The van der Waals surface area contributed by atoms with Gasteiger partial charge in [-0.15, -0.1) is 0 Å². The van der Waals surface area contributed by atoms with Gasteiger partial charge in [0.15, 0.2) is 0 Å². The molecule has 14 heavy (non-hydrogen) atoms. The fraction of sp³-hybridized carbons (Fsp3) is 0.625. The van der Waals surface area contributed by atoms with E-state index in [0.29, 0.717) is 12.8 Å². The third kappa shape index (κ3) is 1.84. The standard InChI is InChI=1S/C8H11N3O2S/c12-7(13)6-1-3-11(4-2-6)8-9-5-10-14-8/h5-6H,1-4H2,(H,12,13). The van der Waals surface area contributed by atoms with E-state index in [4.69, 9.17) is 5.11 Å². The van der Waals surface area contributed by atoms with Crippen molar-refractivity contribution in [1.29, 1.82) is 0 Å². The molecule has 0 saturated carbocycles. The largest absolute Gasteiger partial charge is 0.481 e. The molecule has 76 valence electrons. The zero-order valence-electron chi connectivity index (χ0n) is 7.59. The second-order valence-electron chi connectivity index (χ2n) is 3.32. The van der Waals surface area contributed by atoms with Crippen LogP contribution in [0.15, 0.2) is 6.33 Å². The van der Waals surface area contributed by atoms with Crippen LogP contribution in [0.4, 0.5) is 5.13 Å². The molecule has 2 heterocycles. The van der Waals surface area contributed by atoms with Crippen molar-refractivity contribution in [2.24, 2.45) is 5.92 Å². The van der Waals surface area contributed by atoms with E-state index in [-0.39, 0.29) is 5.92 Å². The van der Waals surface area contributed by atoms with Crippen LogP contribution in [0.5, 0.6) is 0 Å². The van der Waals surface area contributed by atoms with Gasteiger partial charge < -0.3 is 10.0 Å². The predicted octanol–water partition coefficient (Wildman–Crippen LogP) is 0.839. The van der Waals surface area contributed by atoms with Gasteiger partial charge in [-0.05, 0) is 12.8 Å². The second kappa shape index (κ2) is 3.91. The van der Waals surface area contributed by atoms with Gasteiger partial charge in [0, 0.05) is 24.6 Å². The molecule has 1 saturated heterocycles. The number of aliphatic carboxylic acids is 1. The van der Waals surface area contributed by atoms with Crippen LogP contribution in [-0.4, -0.2) is 33.5 Å². The van der Waals surface area contributed by atoms with Crippen molar-refractivity contribution in [2.45, 2.75) is 12.8 Å². The maximum absolute atomic E-state index is 10.7. The highest BCUT2D eigenvalue weighted by atomic mass is 32.1. The minimum atomic E-state index is -0.679. The molecule has 0 bridgehead atoms. The number of carboxylic acids is 1. The van der Waals surface area contributed by atoms with Gasteiger partial charge in [0.05, 0.1) is 5.92 Å². The van der Waals surface area contributed by atoms with Crippen molar-refractivity contribution in [1.82, 2.24) is 9.36 Å². The molecular weight excluding hydrogens is 202 g/mol. The number of hydrogen-bond acceptors (Lipinski definition) is 5. The van der Waals surface area contributed by atoms with Crippen molar-refractivity contribution in [2.75, 3.05) is 18.0 Å². The Kier molecular flexibility index (Phi) is 2.62. The van der Waals surface area contributed by atoms with Crippen molar-refractivity contribution in [3.63, 3.8) is 0 Å². The first kappa shape index (κ1) is 9.39. The van der Waals surface area contributed by atoms with Crippen molar-refractivity contribution < 1.29 is 9.90 Å². The molecule has 1 aromatic heterocycles. The number of nitrogens with zero attached hydrogens (tertiary/aromatic N) is 3. The topological polar surface area (TPSA) is 66.3 Å². The van der Waals surface area contributed by atoms with E-state index >= 15 is 0 Å². The van der Waals surface area contributed by atoms with Gasteiger partial charge >= 0.3 is 5.97 Å². The van der Waals surface area contributed by atoms with Crippen LogP contribution in [0.25, 0.3) is 0 Å². The number of aromatic nitrogens is 2. The Morgan fingerprint density at radius 1 is 1.57 bits per heavy atom. The molecule has 1 aromatic rings. The number of carboxylic acid groups (broad SMARTS) is 1. The molecule has 1 N–H and O–H groups in total. The maximum Gasteiger partial charge on any atom is 0.306 e. The summed E-state index contributed by atoms with van der Waals surface area (Å²) in [5.41, 5.74) is 0. The third-order valence-corrected chi connectivity index (χ3v) is 3.19. The highest BCUT2D eigenvalue weighted by Crippen LogP contribution is 2.23. The van der Waals surface area contributed by atoms with Gasteiger partial charge in [-0.3, -0.25) is 4.79 Å². The van der Waals surface area contributed by atoms with E-state index in [1.165, 1.54) is 17.9 Å². The Morgan fingerprint density at radius 2 is 2.29 bits per heavy atom. The highest BCUT2D eigenvalue weighted by Gasteiger charge is 2.25. The molecule has 1 fully saturated rings. The smallest absolute Gasteiger partial charge is 0.306 e. The van der Waals surface area contributed by atoms with Crippen LogP contribution in [0.2, 0.25) is 0 Å². The molecule has 0 atom stereocenters. The predicted molar refractivity (Wildman–Crippen MR) is 52.5 cm³/mol. The lowest BCUT2D eigenvalue weighted by Gasteiger charge is -2.29. The first-order valence-corrected chi connectivity index (χ1v) is 5.29. The lowest BCUT2D eigenvalue weighted by Crippen LogP contribution is -2.36. The number of hydrogen-bond donors (Lipinski definition) is 1. The number of piperidine rings is 1. The Balaban J connectivity index is 1.93. The molecular formula is C8H11N3O2S. The molecule has 0 aliphatic carbocycles. The first-order chi connectivity index (χ1) is 6.77. The van der Waals surface area contributed by atoms with Crippen LogP contribution in [0.3, 0.4) is 0 Å². The molecule has 6 heteroatoms. The highest BCUT2D eigenvalue weighted by molar-refractivity contribution is 7.09. The molecule has 1 aliphatic rings. The monoisotopic (exact) mass is 213 g/mol. The normalized spacial score (nSPS) is 18.4. The number of anilines is 1. The first-order valence-electron chi connectivity index (χ1n) is 4.52. The molecule has 0 radical (unpaired) electrons. The van der Waals surface area contributed by atoms with E-state index in [2.05, 4.69) is 14.3 Å². The summed E-state index contributed by atoms with van der Waals surface area (Å²) in [5, 5.41) is 9.71. The molecule has 0 spiro atoms. The summed E-state index contributed by atoms with van der Waals surface area (Å²) < 4.78 is 3.92. The zero-order chi connectivity index (χ0) is 9.97. The lowest BCUT2D eigenvalue weighted by atomic mass is 9.98. The van der Waals surface area contributed by atoms with E-state index in [0.717, 1.165) is 18.2 Å². The van der Waals surface area contributed by atoms with Crippen molar-refractivity contribution in [3.05, 3.63) is 6.33 Å². The van der Waals surface area contributed by atoms with E-state index in [9.17, 15) is 4.79 Å². The van der Waals surface area contributed by atoms with Crippen LogP contribution in [-0.2, 0) is 4.79 Å². The van der Waals surface area contributed by atoms with Crippen molar-refractivity contribution in [3.8, 4) is 0 Å².